The fourth-order valence-corrected chi connectivity index (χ4v) is 2.89. The van der Waals surface area contributed by atoms with Gasteiger partial charge in [-0.3, -0.25) is 9.78 Å². The van der Waals surface area contributed by atoms with Crippen LogP contribution in [0.15, 0.2) is 60.1 Å². The lowest BCUT2D eigenvalue weighted by molar-refractivity contribution is -0.113. The predicted octanol–water partition coefficient (Wildman–Crippen LogP) is 2.13. The molecule has 0 saturated heterocycles. The van der Waals surface area contributed by atoms with Crippen LogP contribution in [0.2, 0.25) is 0 Å². The maximum atomic E-state index is 13.4. The van der Waals surface area contributed by atoms with Crippen molar-refractivity contribution in [3.63, 3.8) is 0 Å². The van der Waals surface area contributed by atoms with Gasteiger partial charge in [0.25, 0.3) is 5.91 Å². The number of allylic oxidation sites excluding steroid dienone is 1. The first-order valence-corrected chi connectivity index (χ1v) is 7.86. The maximum absolute atomic E-state index is 13.4. The second kappa shape index (κ2) is 6.36. The monoisotopic (exact) mass is 351 g/mol. The zero-order chi connectivity index (χ0) is 18.1. The van der Waals surface area contributed by atoms with Crippen molar-refractivity contribution in [3.05, 3.63) is 71.4 Å². The van der Waals surface area contributed by atoms with E-state index in [1.165, 1.54) is 16.8 Å². The molecular formula is C17H14FN7O. The molecule has 0 unspecified atom stereocenters. The van der Waals surface area contributed by atoms with Gasteiger partial charge in [-0.15, -0.1) is 0 Å². The summed E-state index contributed by atoms with van der Waals surface area (Å²) in [4.78, 5) is 17.0. The molecule has 1 atom stereocenters. The highest BCUT2D eigenvalue weighted by Gasteiger charge is 2.34. The Labute approximate surface area is 147 Å². The van der Waals surface area contributed by atoms with Gasteiger partial charge in [0.05, 0.1) is 17.5 Å². The molecule has 0 bridgehead atoms. The predicted molar refractivity (Wildman–Crippen MR) is 91.5 cm³/mol. The van der Waals surface area contributed by atoms with Gasteiger partial charge < -0.3 is 10.6 Å². The van der Waals surface area contributed by atoms with Crippen LogP contribution in [0.3, 0.4) is 0 Å². The minimum Gasteiger partial charge on any atom is -0.326 e. The van der Waals surface area contributed by atoms with Gasteiger partial charge in [-0.2, -0.15) is 4.68 Å². The molecule has 0 spiro atoms. The highest BCUT2D eigenvalue weighted by atomic mass is 19.1. The number of hydrogen-bond donors (Lipinski definition) is 2. The molecule has 1 aromatic carbocycles. The van der Waals surface area contributed by atoms with Gasteiger partial charge >= 0.3 is 0 Å². The number of carbonyl (C=O) groups excluding carboxylic acids is 1. The zero-order valence-corrected chi connectivity index (χ0v) is 13.7. The summed E-state index contributed by atoms with van der Waals surface area (Å²) in [6.45, 7) is 1.77. The summed E-state index contributed by atoms with van der Waals surface area (Å²) in [6, 6.07) is 8.79. The van der Waals surface area contributed by atoms with Crippen molar-refractivity contribution in [1.29, 1.82) is 0 Å². The summed E-state index contributed by atoms with van der Waals surface area (Å²) >= 11 is 0. The highest BCUT2D eigenvalue weighted by Crippen LogP contribution is 2.34. The van der Waals surface area contributed by atoms with Crippen molar-refractivity contribution in [1.82, 2.24) is 25.2 Å². The Hall–Kier alpha value is -3.62. The smallest absolute Gasteiger partial charge is 0.255 e. The lowest BCUT2D eigenvalue weighted by Gasteiger charge is -2.27. The van der Waals surface area contributed by atoms with Crippen molar-refractivity contribution in [3.8, 4) is 0 Å². The van der Waals surface area contributed by atoms with E-state index in [0.29, 0.717) is 28.5 Å². The van der Waals surface area contributed by atoms with Crippen LogP contribution in [0.4, 0.5) is 16.0 Å². The van der Waals surface area contributed by atoms with E-state index in [2.05, 4.69) is 31.1 Å². The van der Waals surface area contributed by atoms with Gasteiger partial charge in [-0.25, -0.2) is 4.39 Å². The number of nitrogens with zero attached hydrogens (tertiary/aromatic N) is 5. The third-order valence-electron chi connectivity index (χ3n) is 4.06. The van der Waals surface area contributed by atoms with Gasteiger partial charge in [-0.1, -0.05) is 17.2 Å². The summed E-state index contributed by atoms with van der Waals surface area (Å²) in [5.41, 5.74) is 2.30. The van der Waals surface area contributed by atoms with Gasteiger partial charge in [0.1, 0.15) is 11.9 Å². The number of pyridine rings is 1. The van der Waals surface area contributed by atoms with Gasteiger partial charge in [0.15, 0.2) is 0 Å². The van der Waals surface area contributed by atoms with E-state index in [9.17, 15) is 9.18 Å². The molecule has 3 aromatic rings. The number of tetrazole rings is 1. The lowest BCUT2D eigenvalue weighted by atomic mass is 9.95. The van der Waals surface area contributed by atoms with E-state index in [0.717, 1.165) is 0 Å². The molecule has 0 saturated carbocycles. The van der Waals surface area contributed by atoms with Crippen molar-refractivity contribution >= 4 is 17.5 Å². The van der Waals surface area contributed by atoms with Crippen LogP contribution in [0.5, 0.6) is 0 Å². The number of halogens is 1. The summed E-state index contributed by atoms with van der Waals surface area (Å²) in [6.07, 6.45) is 3.18. The molecule has 2 aromatic heterocycles. The van der Waals surface area contributed by atoms with Crippen LogP contribution in [-0.4, -0.2) is 31.1 Å². The van der Waals surface area contributed by atoms with Crippen LogP contribution in [-0.2, 0) is 4.79 Å². The second-order valence-electron chi connectivity index (χ2n) is 5.76. The fraction of sp³-hybridized carbons (Fsp3) is 0.118. The van der Waals surface area contributed by atoms with Gasteiger partial charge in [-0.05, 0) is 47.2 Å². The maximum Gasteiger partial charge on any atom is 0.255 e. The van der Waals surface area contributed by atoms with E-state index in [1.807, 2.05) is 0 Å². The molecule has 130 valence electrons. The molecule has 2 N–H and O–H groups in total. The molecule has 8 nitrogen and oxygen atoms in total. The quantitative estimate of drug-likeness (QED) is 0.750. The van der Waals surface area contributed by atoms with Crippen LogP contribution in [0, 0.1) is 5.82 Å². The second-order valence-corrected chi connectivity index (χ2v) is 5.76. The Morgan fingerprint density at radius 1 is 1.27 bits per heavy atom. The van der Waals surface area contributed by atoms with Gasteiger partial charge in [0.2, 0.25) is 5.95 Å². The number of carbonyl (C=O) groups is 1. The number of rotatable bonds is 3. The lowest BCUT2D eigenvalue weighted by Crippen LogP contribution is -2.31. The Kier molecular flexibility index (Phi) is 3.88. The van der Waals surface area contributed by atoms with Crippen molar-refractivity contribution in [2.75, 3.05) is 10.6 Å². The molecular weight excluding hydrogens is 337 g/mol. The standard InChI is InChI=1S/C17H14FN7O/c1-10-14(16(26)21-13-3-2-8-19-9-13)15(11-4-6-12(18)7-5-11)25-17(20-10)22-23-24-25/h2-9,15H,1H3,(H,21,26)(H,20,22,24)/t15-/m0/s1. The first-order valence-electron chi connectivity index (χ1n) is 7.86. The van der Waals surface area contributed by atoms with Crippen LogP contribution in [0.25, 0.3) is 0 Å². The van der Waals surface area contributed by atoms with E-state index >= 15 is 0 Å². The number of benzene rings is 1. The molecule has 26 heavy (non-hydrogen) atoms. The Balaban J connectivity index is 1.77. The summed E-state index contributed by atoms with van der Waals surface area (Å²) in [5.74, 6) is -0.269. The normalized spacial score (nSPS) is 16.0. The summed E-state index contributed by atoms with van der Waals surface area (Å²) in [7, 11) is 0. The Bertz CT molecular complexity index is 982. The number of amides is 1. The average molecular weight is 351 g/mol. The topological polar surface area (TPSA) is 97.6 Å². The fourth-order valence-electron chi connectivity index (χ4n) is 2.89. The zero-order valence-electron chi connectivity index (χ0n) is 13.7. The minimum absolute atomic E-state index is 0.321. The molecule has 0 radical (unpaired) electrons. The summed E-state index contributed by atoms with van der Waals surface area (Å²) in [5, 5.41) is 17.4. The highest BCUT2D eigenvalue weighted by molar-refractivity contribution is 6.05. The number of fused-ring (bicyclic) bond motifs is 1. The third kappa shape index (κ3) is 2.79. The van der Waals surface area contributed by atoms with E-state index in [1.54, 1.807) is 43.6 Å². The third-order valence-corrected chi connectivity index (χ3v) is 4.06. The molecule has 1 aliphatic rings. The number of anilines is 2. The molecule has 0 fully saturated rings. The Morgan fingerprint density at radius 2 is 2.08 bits per heavy atom. The average Bonchev–Trinajstić information content (AvgIpc) is 3.10. The van der Waals surface area contributed by atoms with Gasteiger partial charge in [0, 0.05) is 11.9 Å². The number of nitrogens with one attached hydrogen (secondary N) is 2. The molecule has 1 aliphatic heterocycles. The number of aromatic nitrogens is 5. The van der Waals surface area contributed by atoms with E-state index in [-0.39, 0.29) is 11.7 Å². The minimum atomic E-state index is -0.585. The Morgan fingerprint density at radius 3 is 2.81 bits per heavy atom. The van der Waals surface area contributed by atoms with Crippen molar-refractivity contribution in [2.24, 2.45) is 0 Å². The molecule has 1 amide bonds. The molecule has 4 rings (SSSR count). The summed E-state index contributed by atoms with van der Waals surface area (Å²) < 4.78 is 14.9. The first-order chi connectivity index (χ1) is 12.6. The first kappa shape index (κ1) is 15.9. The SMILES string of the molecule is CC1=C(C(=O)Nc2cccnc2)[C@H](c2ccc(F)cc2)n2nnnc2N1. The van der Waals surface area contributed by atoms with Crippen molar-refractivity contribution < 1.29 is 9.18 Å². The van der Waals surface area contributed by atoms with Crippen LogP contribution in [0.1, 0.15) is 18.5 Å². The van der Waals surface area contributed by atoms with E-state index in [4.69, 9.17) is 0 Å². The van der Waals surface area contributed by atoms with E-state index < -0.39 is 6.04 Å². The molecule has 3 heterocycles. The van der Waals surface area contributed by atoms with Crippen LogP contribution >= 0.6 is 0 Å². The number of hydrogen-bond acceptors (Lipinski definition) is 6. The largest absolute Gasteiger partial charge is 0.326 e. The molecule has 9 heteroatoms. The molecule has 0 aliphatic carbocycles. The van der Waals surface area contributed by atoms with Crippen LogP contribution < -0.4 is 10.6 Å². The van der Waals surface area contributed by atoms with Crippen molar-refractivity contribution in [2.45, 2.75) is 13.0 Å².